The number of rotatable bonds is 9. The zero-order valence-electron chi connectivity index (χ0n) is 17.9. The van der Waals surface area contributed by atoms with E-state index in [1.165, 1.54) is 10.6 Å². The molecule has 2 saturated carbocycles. The molecular formula is C22H29F2N3O4. The van der Waals surface area contributed by atoms with Crippen molar-refractivity contribution in [3.63, 3.8) is 0 Å². The summed E-state index contributed by atoms with van der Waals surface area (Å²) < 4.78 is 48.1. The molecule has 1 aromatic heterocycles. The number of carbonyl (C=O) groups excluding carboxylic acids is 1. The molecule has 9 heteroatoms. The minimum absolute atomic E-state index is 0.0755. The molecule has 7 nitrogen and oxygen atoms in total. The molecule has 31 heavy (non-hydrogen) atoms. The minimum atomic E-state index is -0.746. The lowest BCUT2D eigenvalue weighted by atomic mass is 9.95. The highest BCUT2D eigenvalue weighted by Gasteiger charge is 2.30. The van der Waals surface area contributed by atoms with Crippen LogP contribution in [-0.4, -0.2) is 40.4 Å². The summed E-state index contributed by atoms with van der Waals surface area (Å²) in [6, 6.07) is 1.46. The molecule has 0 aliphatic heterocycles. The number of primary amides is 1. The van der Waals surface area contributed by atoms with E-state index in [4.69, 9.17) is 19.9 Å². The van der Waals surface area contributed by atoms with E-state index in [-0.39, 0.29) is 52.9 Å². The maximum absolute atomic E-state index is 14.9. The fraction of sp³-hybridized carbons (Fsp3) is 0.636. The number of ether oxygens (including phenoxy) is 3. The van der Waals surface area contributed by atoms with Gasteiger partial charge in [-0.3, -0.25) is 9.36 Å². The molecule has 2 aliphatic carbocycles. The van der Waals surface area contributed by atoms with E-state index < -0.39 is 11.6 Å². The van der Waals surface area contributed by atoms with Gasteiger partial charge in [-0.25, -0.2) is 8.78 Å². The van der Waals surface area contributed by atoms with Gasteiger partial charge in [-0.1, -0.05) is 6.92 Å². The van der Waals surface area contributed by atoms with Crippen molar-refractivity contribution in [1.82, 2.24) is 9.55 Å². The molecule has 0 saturated heterocycles. The van der Waals surface area contributed by atoms with Crippen LogP contribution in [0.4, 0.5) is 8.78 Å². The summed E-state index contributed by atoms with van der Waals surface area (Å²) in [5, 5.41) is 0. The Bertz CT molecular complexity index is 952. The number of nitrogens with two attached hydrogens (primary N) is 1. The quantitative estimate of drug-likeness (QED) is 0.647. The Morgan fingerprint density at radius 3 is 2.42 bits per heavy atom. The summed E-state index contributed by atoms with van der Waals surface area (Å²) in [4.78, 5) is 15.3. The molecule has 1 atom stereocenters. The van der Waals surface area contributed by atoms with Gasteiger partial charge in [0.1, 0.15) is 11.6 Å². The summed E-state index contributed by atoms with van der Waals surface area (Å²) >= 11 is 0. The molecule has 1 heterocycles. The number of aryl methyl sites for hydroxylation is 1. The molecule has 2 aromatic rings. The van der Waals surface area contributed by atoms with Gasteiger partial charge in [0, 0.05) is 26.1 Å². The number of halogens is 2. The predicted octanol–water partition coefficient (Wildman–Crippen LogP) is 3.61. The van der Waals surface area contributed by atoms with E-state index in [2.05, 4.69) is 4.98 Å². The molecule has 0 radical (unpaired) electrons. The van der Waals surface area contributed by atoms with Gasteiger partial charge in [-0.05, 0) is 44.4 Å². The van der Waals surface area contributed by atoms with E-state index in [0.29, 0.717) is 13.0 Å². The number of aromatic nitrogens is 2. The van der Waals surface area contributed by atoms with Crippen LogP contribution in [-0.2, 0) is 16.6 Å². The summed E-state index contributed by atoms with van der Waals surface area (Å²) in [6.45, 7) is 2.44. The van der Waals surface area contributed by atoms with E-state index >= 15 is 0 Å². The minimum Gasteiger partial charge on any atom is -0.484 e. The third-order valence-corrected chi connectivity index (χ3v) is 5.84. The Kier molecular flexibility index (Phi) is 6.31. The maximum atomic E-state index is 14.9. The Balaban J connectivity index is 1.36. The van der Waals surface area contributed by atoms with Crippen molar-refractivity contribution in [2.45, 2.75) is 70.2 Å². The van der Waals surface area contributed by atoms with Gasteiger partial charge in [0.05, 0.1) is 17.7 Å². The molecule has 1 amide bonds. The number of benzene rings is 1. The van der Waals surface area contributed by atoms with Crippen molar-refractivity contribution >= 4 is 16.9 Å². The molecule has 1 aromatic carbocycles. The van der Waals surface area contributed by atoms with Crippen LogP contribution in [0, 0.1) is 17.6 Å². The number of nitrogens with zero attached hydrogens (tertiary/aromatic N) is 2. The van der Waals surface area contributed by atoms with Gasteiger partial charge in [0.2, 0.25) is 5.91 Å². The first-order valence-corrected chi connectivity index (χ1v) is 10.9. The lowest BCUT2D eigenvalue weighted by molar-refractivity contribution is -0.119. The van der Waals surface area contributed by atoms with Gasteiger partial charge < -0.3 is 19.9 Å². The predicted molar refractivity (Wildman–Crippen MR) is 110 cm³/mol. The second-order valence-corrected chi connectivity index (χ2v) is 8.77. The van der Waals surface area contributed by atoms with Gasteiger partial charge in [0.25, 0.3) is 6.01 Å². The first kappa shape index (κ1) is 21.8. The molecule has 0 unspecified atom stereocenters. The maximum Gasteiger partial charge on any atom is 0.297 e. The third-order valence-electron chi connectivity index (χ3n) is 5.84. The molecular weight excluding hydrogens is 408 g/mol. The summed E-state index contributed by atoms with van der Waals surface area (Å²) in [7, 11) is 1.65. The van der Waals surface area contributed by atoms with Crippen LogP contribution in [0.1, 0.15) is 51.9 Å². The second-order valence-electron chi connectivity index (χ2n) is 8.77. The molecule has 4 rings (SSSR count). The Morgan fingerprint density at radius 2 is 1.77 bits per heavy atom. The van der Waals surface area contributed by atoms with Crippen LogP contribution < -0.4 is 15.2 Å². The Labute approximate surface area is 179 Å². The molecule has 0 bridgehead atoms. The zero-order chi connectivity index (χ0) is 22.1. The highest BCUT2D eigenvalue weighted by Crippen LogP contribution is 2.36. The second kappa shape index (κ2) is 8.98. The highest BCUT2D eigenvalue weighted by molar-refractivity contribution is 5.79. The largest absolute Gasteiger partial charge is 0.484 e. The van der Waals surface area contributed by atoms with Crippen LogP contribution in [0.15, 0.2) is 6.07 Å². The van der Waals surface area contributed by atoms with Crippen LogP contribution in [0.2, 0.25) is 0 Å². The van der Waals surface area contributed by atoms with Crippen molar-refractivity contribution in [1.29, 1.82) is 0 Å². The molecule has 0 spiro atoms. The van der Waals surface area contributed by atoms with Crippen LogP contribution in [0.25, 0.3) is 11.0 Å². The van der Waals surface area contributed by atoms with Crippen LogP contribution in [0.3, 0.4) is 0 Å². The molecule has 2 fully saturated rings. The van der Waals surface area contributed by atoms with E-state index in [0.717, 1.165) is 38.5 Å². The van der Waals surface area contributed by atoms with Gasteiger partial charge >= 0.3 is 0 Å². The van der Waals surface area contributed by atoms with Gasteiger partial charge in [0.15, 0.2) is 17.4 Å². The lowest BCUT2D eigenvalue weighted by Gasteiger charge is -2.29. The topological polar surface area (TPSA) is 88.6 Å². The first-order chi connectivity index (χ1) is 14.8. The monoisotopic (exact) mass is 437 g/mol. The van der Waals surface area contributed by atoms with Crippen LogP contribution in [0.5, 0.6) is 11.8 Å². The van der Waals surface area contributed by atoms with E-state index in [1.54, 1.807) is 7.05 Å². The summed E-state index contributed by atoms with van der Waals surface area (Å²) in [5.74, 6) is -2.06. The van der Waals surface area contributed by atoms with Gasteiger partial charge in [-0.2, -0.15) is 4.98 Å². The average Bonchev–Trinajstić information content (AvgIpc) is 3.48. The zero-order valence-corrected chi connectivity index (χ0v) is 17.9. The number of amides is 1. The van der Waals surface area contributed by atoms with Crippen LogP contribution >= 0.6 is 0 Å². The Morgan fingerprint density at radius 1 is 1.16 bits per heavy atom. The van der Waals surface area contributed by atoms with E-state index in [9.17, 15) is 13.6 Å². The average molecular weight is 437 g/mol. The summed E-state index contributed by atoms with van der Waals surface area (Å²) in [6.07, 6.45) is 5.05. The fourth-order valence-electron chi connectivity index (χ4n) is 3.99. The number of imidazole rings is 1. The standard InChI is InChI=1S/C22H29F2N3O4/c1-12(9-18(25)28)11-29-13-3-5-15(6-4-13)31-22-26-17-10-16(23)21(30-14-7-8-14)19(24)20(17)27(22)2/h10,12-15H,3-9,11H2,1-2H3,(H2,25,28)/t12-,13?,15?/m1/s1. The van der Waals surface area contributed by atoms with Crippen molar-refractivity contribution in [3.8, 4) is 11.8 Å². The first-order valence-electron chi connectivity index (χ1n) is 10.9. The van der Waals surface area contributed by atoms with Crippen molar-refractivity contribution in [3.05, 3.63) is 17.7 Å². The normalized spacial score (nSPS) is 22.5. The molecule has 2 N–H and O–H groups in total. The summed E-state index contributed by atoms with van der Waals surface area (Å²) in [5.41, 5.74) is 5.59. The fourth-order valence-corrected chi connectivity index (χ4v) is 3.99. The smallest absolute Gasteiger partial charge is 0.297 e. The van der Waals surface area contributed by atoms with Gasteiger partial charge in [-0.15, -0.1) is 0 Å². The van der Waals surface area contributed by atoms with Crippen molar-refractivity contribution in [2.75, 3.05) is 6.61 Å². The number of fused-ring (bicyclic) bond motifs is 1. The highest BCUT2D eigenvalue weighted by atomic mass is 19.1. The lowest BCUT2D eigenvalue weighted by Crippen LogP contribution is -2.30. The Hall–Kier alpha value is -2.42. The number of hydrogen-bond acceptors (Lipinski definition) is 5. The third kappa shape index (κ3) is 5.08. The SMILES string of the molecule is C[C@@H](COC1CCC(Oc2nc3cc(F)c(OC4CC4)c(F)c3n2C)CC1)CC(N)=O. The molecule has 170 valence electrons. The van der Waals surface area contributed by atoms with E-state index in [1.807, 2.05) is 6.92 Å². The number of carbonyl (C=O) groups is 1. The van der Waals surface area contributed by atoms with Crippen molar-refractivity contribution < 1.29 is 27.8 Å². The molecule has 2 aliphatic rings. The van der Waals surface area contributed by atoms with Crippen molar-refractivity contribution in [2.24, 2.45) is 18.7 Å². The number of hydrogen-bond donors (Lipinski definition) is 1.